The van der Waals surface area contributed by atoms with Crippen LogP contribution in [0, 0.1) is 0 Å². The number of nitrogens with zero attached hydrogens (tertiary/aromatic N) is 3. The van der Waals surface area contributed by atoms with Gasteiger partial charge in [-0.15, -0.1) is 5.10 Å². The number of ketones is 1. The van der Waals surface area contributed by atoms with E-state index in [0.717, 1.165) is 0 Å². The molecule has 0 saturated heterocycles. The Morgan fingerprint density at radius 3 is 2.23 bits per heavy atom. The van der Waals surface area contributed by atoms with Gasteiger partial charge in [-0.05, 0) is 24.3 Å². The van der Waals surface area contributed by atoms with Gasteiger partial charge in [0.25, 0.3) is 0 Å². The van der Waals surface area contributed by atoms with Gasteiger partial charge in [-0.2, -0.15) is 4.68 Å². The number of phenolic OH excluding ortho intramolecular Hbond substituents is 1. The molecule has 0 aliphatic carbocycles. The lowest BCUT2D eigenvalue weighted by Gasteiger charge is -2.13. The average molecular weight is 425 g/mol. The zero-order valence-electron chi connectivity index (χ0n) is 17.2. The number of ether oxygens (including phenoxy) is 4. The Labute approximate surface area is 176 Å². The minimum absolute atomic E-state index is 0.0839. The highest BCUT2D eigenvalue weighted by Crippen LogP contribution is 2.42. The molecular formula is C21H19N3O7. The summed E-state index contributed by atoms with van der Waals surface area (Å²) in [5.74, 6) is 0.665. The maximum Gasteiger partial charge on any atom is 0.234 e. The number of benzene rings is 2. The third-order valence-corrected chi connectivity index (χ3v) is 4.78. The standard InChI is InChI=1S/C21H19N3O7/c1-27-13-6-5-12-16(21(24-8-7-22-23-24)31-19(12)18(13)26)17(25)11-9-14(28-2)20(30-4)15(10-11)29-3/h5-10,26H,1-4H3. The highest BCUT2D eigenvalue weighted by atomic mass is 16.5. The molecule has 0 fully saturated rings. The first-order valence-corrected chi connectivity index (χ1v) is 9.07. The third kappa shape index (κ3) is 3.18. The maximum atomic E-state index is 13.7. The van der Waals surface area contributed by atoms with Crippen molar-refractivity contribution in [1.29, 1.82) is 0 Å². The number of rotatable bonds is 7. The van der Waals surface area contributed by atoms with E-state index in [2.05, 4.69) is 10.3 Å². The molecule has 0 radical (unpaired) electrons. The van der Waals surface area contributed by atoms with Crippen LogP contribution in [0.15, 0.2) is 41.1 Å². The minimum Gasteiger partial charge on any atom is -0.502 e. The molecule has 0 amide bonds. The van der Waals surface area contributed by atoms with Crippen molar-refractivity contribution < 1.29 is 33.3 Å². The SMILES string of the molecule is COc1cc(C(=O)c2c(-n3ccnn3)oc3c(O)c(OC)ccc23)cc(OC)c1OC. The molecule has 4 rings (SSSR count). The van der Waals surface area contributed by atoms with Gasteiger partial charge >= 0.3 is 0 Å². The Kier molecular flexibility index (Phi) is 5.12. The van der Waals surface area contributed by atoms with Crippen LogP contribution in [0.2, 0.25) is 0 Å². The summed E-state index contributed by atoms with van der Waals surface area (Å²) in [7, 11) is 5.82. The van der Waals surface area contributed by atoms with Crippen LogP contribution in [-0.2, 0) is 0 Å². The van der Waals surface area contributed by atoms with Crippen molar-refractivity contribution in [3.63, 3.8) is 0 Å². The fraction of sp³-hybridized carbons (Fsp3) is 0.190. The summed E-state index contributed by atoms with van der Waals surface area (Å²) in [4.78, 5) is 13.7. The predicted octanol–water partition coefficient (Wildman–Crippen LogP) is 2.98. The van der Waals surface area contributed by atoms with Crippen molar-refractivity contribution in [2.45, 2.75) is 0 Å². The second-order valence-electron chi connectivity index (χ2n) is 6.37. The van der Waals surface area contributed by atoms with Crippen molar-refractivity contribution in [2.24, 2.45) is 0 Å². The summed E-state index contributed by atoms with van der Waals surface area (Å²) >= 11 is 0. The second-order valence-corrected chi connectivity index (χ2v) is 6.37. The van der Waals surface area contributed by atoms with Gasteiger partial charge in [0.1, 0.15) is 0 Å². The van der Waals surface area contributed by atoms with E-state index in [0.29, 0.717) is 22.6 Å². The van der Waals surface area contributed by atoms with Gasteiger partial charge in [0.05, 0.1) is 46.4 Å². The molecule has 2 aromatic heterocycles. The zero-order valence-corrected chi connectivity index (χ0v) is 17.2. The number of phenols is 1. The lowest BCUT2D eigenvalue weighted by atomic mass is 10.0. The quantitative estimate of drug-likeness (QED) is 0.446. The number of carbonyl (C=O) groups excluding carboxylic acids is 1. The van der Waals surface area contributed by atoms with Crippen molar-refractivity contribution in [1.82, 2.24) is 15.0 Å². The van der Waals surface area contributed by atoms with E-state index >= 15 is 0 Å². The van der Waals surface area contributed by atoms with Crippen LogP contribution >= 0.6 is 0 Å². The predicted molar refractivity (Wildman–Crippen MR) is 109 cm³/mol. The molecule has 10 nitrogen and oxygen atoms in total. The number of hydrogen-bond acceptors (Lipinski definition) is 9. The average Bonchev–Trinajstić information content (AvgIpc) is 3.46. The molecule has 0 spiro atoms. The van der Waals surface area contributed by atoms with E-state index in [9.17, 15) is 9.90 Å². The van der Waals surface area contributed by atoms with E-state index in [4.69, 9.17) is 23.4 Å². The molecule has 160 valence electrons. The van der Waals surface area contributed by atoms with Crippen molar-refractivity contribution >= 4 is 16.8 Å². The maximum absolute atomic E-state index is 13.7. The van der Waals surface area contributed by atoms with E-state index < -0.39 is 5.78 Å². The Morgan fingerprint density at radius 1 is 1.00 bits per heavy atom. The van der Waals surface area contributed by atoms with Crippen LogP contribution in [0.25, 0.3) is 16.9 Å². The number of carbonyl (C=O) groups is 1. The Bertz CT molecular complexity index is 1240. The van der Waals surface area contributed by atoms with Gasteiger partial charge in [0.2, 0.25) is 17.4 Å². The molecule has 0 unspecified atom stereocenters. The molecule has 0 bridgehead atoms. The van der Waals surface area contributed by atoms with E-state index in [1.807, 2.05) is 0 Å². The van der Waals surface area contributed by atoms with Gasteiger partial charge in [0, 0.05) is 10.9 Å². The smallest absolute Gasteiger partial charge is 0.234 e. The van der Waals surface area contributed by atoms with Gasteiger partial charge in [-0.25, -0.2) is 0 Å². The highest BCUT2D eigenvalue weighted by molar-refractivity contribution is 6.19. The van der Waals surface area contributed by atoms with Crippen LogP contribution in [-0.4, -0.2) is 54.3 Å². The summed E-state index contributed by atoms with van der Waals surface area (Å²) in [6, 6.07) is 6.25. The number of furan rings is 1. The van der Waals surface area contributed by atoms with Crippen LogP contribution < -0.4 is 18.9 Å². The summed E-state index contributed by atoms with van der Waals surface area (Å²) in [5, 5.41) is 18.6. The summed E-state index contributed by atoms with van der Waals surface area (Å²) in [6.07, 6.45) is 2.97. The third-order valence-electron chi connectivity index (χ3n) is 4.78. The van der Waals surface area contributed by atoms with E-state index in [1.54, 1.807) is 12.1 Å². The molecule has 0 aliphatic heterocycles. The second kappa shape index (κ2) is 7.90. The minimum atomic E-state index is -0.409. The molecule has 1 N–H and O–H groups in total. The monoisotopic (exact) mass is 425 g/mol. The highest BCUT2D eigenvalue weighted by Gasteiger charge is 2.28. The number of hydrogen-bond donors (Lipinski definition) is 1. The molecule has 4 aromatic rings. The molecule has 10 heteroatoms. The molecule has 0 atom stereocenters. The lowest BCUT2D eigenvalue weighted by Crippen LogP contribution is -2.07. The number of aromatic hydroxyl groups is 1. The van der Waals surface area contributed by atoms with Crippen LogP contribution in [0.4, 0.5) is 0 Å². The molecule has 31 heavy (non-hydrogen) atoms. The molecule has 2 heterocycles. The van der Waals surface area contributed by atoms with Gasteiger partial charge in [0.15, 0.2) is 28.6 Å². The fourth-order valence-corrected chi connectivity index (χ4v) is 3.33. The Balaban J connectivity index is 1.98. The Hall–Kier alpha value is -4.21. The van der Waals surface area contributed by atoms with Crippen LogP contribution in [0.1, 0.15) is 15.9 Å². The number of fused-ring (bicyclic) bond motifs is 1. The number of aromatic nitrogens is 3. The molecule has 0 saturated carbocycles. The van der Waals surface area contributed by atoms with Crippen LogP contribution in [0.5, 0.6) is 28.7 Å². The van der Waals surface area contributed by atoms with Crippen molar-refractivity contribution in [3.8, 4) is 34.6 Å². The largest absolute Gasteiger partial charge is 0.502 e. The molecular weight excluding hydrogens is 406 g/mol. The molecule has 2 aromatic carbocycles. The van der Waals surface area contributed by atoms with Gasteiger partial charge in [-0.3, -0.25) is 4.79 Å². The first-order chi connectivity index (χ1) is 15.0. The molecule has 0 aliphatic rings. The first-order valence-electron chi connectivity index (χ1n) is 9.07. The van der Waals surface area contributed by atoms with Crippen LogP contribution in [0.3, 0.4) is 0 Å². The van der Waals surface area contributed by atoms with Crippen molar-refractivity contribution in [2.75, 3.05) is 28.4 Å². The number of methoxy groups -OCH3 is 4. The van der Waals surface area contributed by atoms with Gasteiger partial charge < -0.3 is 28.5 Å². The lowest BCUT2D eigenvalue weighted by molar-refractivity contribution is 0.103. The summed E-state index contributed by atoms with van der Waals surface area (Å²) < 4.78 is 28.3. The van der Waals surface area contributed by atoms with Gasteiger partial charge in [-0.1, -0.05) is 5.21 Å². The topological polar surface area (TPSA) is 118 Å². The summed E-state index contributed by atoms with van der Waals surface area (Å²) in [6.45, 7) is 0. The van der Waals surface area contributed by atoms with E-state index in [-0.39, 0.29) is 34.1 Å². The normalized spacial score (nSPS) is 10.8. The summed E-state index contributed by atoms with van der Waals surface area (Å²) in [5.41, 5.74) is 0.516. The first kappa shape index (κ1) is 20.1. The zero-order chi connectivity index (χ0) is 22.1. The van der Waals surface area contributed by atoms with Crippen molar-refractivity contribution in [3.05, 3.63) is 47.8 Å². The van der Waals surface area contributed by atoms with E-state index in [1.165, 1.54) is 57.6 Å². The fourth-order valence-electron chi connectivity index (χ4n) is 3.33. The Morgan fingerprint density at radius 2 is 1.68 bits per heavy atom.